The summed E-state index contributed by atoms with van der Waals surface area (Å²) in [4.78, 5) is 7.83. The minimum Gasteiger partial charge on any atom is -0.338 e. The highest BCUT2D eigenvalue weighted by Gasteiger charge is 2.07. The normalized spacial score (nSPS) is 11.1. The number of benzene rings is 2. The van der Waals surface area contributed by atoms with Gasteiger partial charge in [0.05, 0.1) is 10.5 Å². The number of nitrogens with one attached hydrogen (secondary N) is 1. The number of nitrogens with zero attached hydrogens (tertiary/aromatic N) is 1. The molecule has 19 heavy (non-hydrogen) atoms. The minimum absolute atomic E-state index is 0.666. The Kier molecular flexibility index (Phi) is 3.23. The average molecular weight is 272 g/mol. The van der Waals surface area contributed by atoms with Gasteiger partial charge >= 0.3 is 0 Å². The fourth-order valence-electron chi connectivity index (χ4n) is 2.13. The summed E-state index contributed by atoms with van der Waals surface area (Å²) in [5, 5.41) is 0.666. The fourth-order valence-corrected chi connectivity index (χ4v) is 2.35. The number of hydrogen-bond acceptors (Lipinski definition) is 2. The molecule has 3 aromatic rings. The lowest BCUT2D eigenvalue weighted by molar-refractivity contribution is 0.969. The Morgan fingerprint density at radius 2 is 1.89 bits per heavy atom. The lowest BCUT2D eigenvalue weighted by Gasteiger charge is -2.00. The van der Waals surface area contributed by atoms with Crippen molar-refractivity contribution in [3.05, 3.63) is 53.1 Å². The number of aromatic amines is 1. The molecular weight excluding hydrogens is 258 g/mol. The third-order valence-electron chi connectivity index (χ3n) is 3.12. The van der Waals surface area contributed by atoms with Gasteiger partial charge in [0.2, 0.25) is 0 Å². The summed E-state index contributed by atoms with van der Waals surface area (Å²) >= 11 is 6.13. The zero-order valence-corrected chi connectivity index (χ0v) is 11.1. The topological polar surface area (TPSA) is 54.7 Å². The molecule has 0 saturated carbocycles. The van der Waals surface area contributed by atoms with Crippen molar-refractivity contribution in [2.24, 2.45) is 5.73 Å². The first-order chi connectivity index (χ1) is 9.28. The van der Waals surface area contributed by atoms with Crippen molar-refractivity contribution in [3.8, 4) is 11.4 Å². The van der Waals surface area contributed by atoms with Crippen LogP contribution >= 0.6 is 11.6 Å². The summed E-state index contributed by atoms with van der Waals surface area (Å²) in [6.45, 7) is 0.666. The molecule has 0 radical (unpaired) electrons. The number of nitrogens with two attached hydrogens (primary N) is 1. The van der Waals surface area contributed by atoms with Crippen LogP contribution in [0.15, 0.2) is 42.5 Å². The Bertz CT molecular complexity index is 701. The van der Waals surface area contributed by atoms with E-state index in [9.17, 15) is 0 Å². The van der Waals surface area contributed by atoms with E-state index in [0.717, 1.165) is 28.8 Å². The van der Waals surface area contributed by atoms with Gasteiger partial charge in [0.25, 0.3) is 0 Å². The second-order valence-electron chi connectivity index (χ2n) is 4.46. The number of aromatic nitrogens is 2. The van der Waals surface area contributed by atoms with Gasteiger partial charge in [-0.25, -0.2) is 4.98 Å². The first-order valence-electron chi connectivity index (χ1n) is 6.21. The van der Waals surface area contributed by atoms with Crippen molar-refractivity contribution in [3.63, 3.8) is 0 Å². The zero-order chi connectivity index (χ0) is 13.2. The fraction of sp³-hybridized carbons (Fsp3) is 0.133. The van der Waals surface area contributed by atoms with Crippen LogP contribution in [-0.2, 0) is 6.42 Å². The van der Waals surface area contributed by atoms with Gasteiger partial charge in [-0.15, -0.1) is 0 Å². The zero-order valence-electron chi connectivity index (χ0n) is 10.4. The lowest BCUT2D eigenvalue weighted by Crippen LogP contribution is -2.02. The van der Waals surface area contributed by atoms with E-state index in [4.69, 9.17) is 17.3 Å². The van der Waals surface area contributed by atoms with Crippen molar-refractivity contribution in [1.29, 1.82) is 0 Å². The molecule has 3 N–H and O–H groups in total. The maximum absolute atomic E-state index is 6.13. The molecule has 1 heterocycles. The van der Waals surface area contributed by atoms with E-state index in [1.54, 1.807) is 0 Å². The Balaban J connectivity index is 2.01. The summed E-state index contributed by atoms with van der Waals surface area (Å²) in [7, 11) is 0. The number of hydrogen-bond donors (Lipinski definition) is 2. The lowest BCUT2D eigenvalue weighted by atomic mass is 10.1. The molecule has 3 rings (SSSR count). The van der Waals surface area contributed by atoms with Crippen molar-refractivity contribution in [2.75, 3.05) is 6.54 Å². The molecule has 0 saturated heterocycles. The molecule has 4 heteroatoms. The van der Waals surface area contributed by atoms with E-state index in [1.807, 2.05) is 18.2 Å². The van der Waals surface area contributed by atoms with Crippen LogP contribution in [0.4, 0.5) is 0 Å². The van der Waals surface area contributed by atoms with E-state index in [-0.39, 0.29) is 0 Å². The molecule has 0 aliphatic rings. The number of fused-ring (bicyclic) bond motifs is 1. The highest BCUT2D eigenvalue weighted by molar-refractivity contribution is 6.34. The van der Waals surface area contributed by atoms with Gasteiger partial charge in [-0.3, -0.25) is 0 Å². The molecular formula is C15H14ClN3. The van der Waals surface area contributed by atoms with Gasteiger partial charge in [-0.2, -0.15) is 0 Å². The van der Waals surface area contributed by atoms with Crippen molar-refractivity contribution >= 4 is 22.6 Å². The van der Waals surface area contributed by atoms with Gasteiger partial charge in [-0.05, 0) is 30.7 Å². The average Bonchev–Trinajstić information content (AvgIpc) is 2.85. The Morgan fingerprint density at radius 3 is 2.58 bits per heavy atom. The molecule has 1 aromatic heterocycles. The highest BCUT2D eigenvalue weighted by atomic mass is 35.5. The molecule has 0 bridgehead atoms. The van der Waals surface area contributed by atoms with E-state index < -0.39 is 0 Å². The first kappa shape index (κ1) is 12.2. The highest BCUT2D eigenvalue weighted by Crippen LogP contribution is 2.25. The number of imidazole rings is 1. The minimum atomic E-state index is 0.666. The van der Waals surface area contributed by atoms with Crippen molar-refractivity contribution in [2.45, 2.75) is 6.42 Å². The van der Waals surface area contributed by atoms with Crippen LogP contribution in [0.25, 0.3) is 22.4 Å². The monoisotopic (exact) mass is 271 g/mol. The van der Waals surface area contributed by atoms with E-state index >= 15 is 0 Å². The second-order valence-corrected chi connectivity index (χ2v) is 4.86. The molecule has 0 aliphatic heterocycles. The summed E-state index contributed by atoms with van der Waals surface area (Å²) in [6, 6.07) is 14.0. The van der Waals surface area contributed by atoms with Gasteiger partial charge in [-0.1, -0.05) is 41.9 Å². The third kappa shape index (κ3) is 2.35. The van der Waals surface area contributed by atoms with Crippen LogP contribution < -0.4 is 5.73 Å². The van der Waals surface area contributed by atoms with E-state index in [2.05, 4.69) is 34.2 Å². The molecule has 3 nitrogen and oxygen atoms in total. The van der Waals surface area contributed by atoms with E-state index in [1.165, 1.54) is 5.56 Å². The molecule has 0 fully saturated rings. The quantitative estimate of drug-likeness (QED) is 0.767. The van der Waals surface area contributed by atoms with Crippen LogP contribution in [0.5, 0.6) is 0 Å². The maximum Gasteiger partial charge on any atom is 0.138 e. The largest absolute Gasteiger partial charge is 0.338 e. The van der Waals surface area contributed by atoms with Gasteiger partial charge in [0.1, 0.15) is 11.3 Å². The summed E-state index contributed by atoms with van der Waals surface area (Å²) in [6.07, 6.45) is 0.895. The Labute approximate surface area is 116 Å². The number of para-hydroxylation sites is 1. The third-order valence-corrected chi connectivity index (χ3v) is 3.43. The van der Waals surface area contributed by atoms with Gasteiger partial charge < -0.3 is 10.7 Å². The Hall–Kier alpha value is -1.84. The smallest absolute Gasteiger partial charge is 0.138 e. The van der Waals surface area contributed by atoms with Crippen LogP contribution in [0.1, 0.15) is 5.56 Å². The molecule has 96 valence electrons. The molecule has 0 spiro atoms. The van der Waals surface area contributed by atoms with Gasteiger partial charge in [0, 0.05) is 5.56 Å². The predicted molar refractivity (Wildman–Crippen MR) is 79.3 cm³/mol. The molecule has 2 aromatic carbocycles. The predicted octanol–water partition coefficient (Wildman–Crippen LogP) is 3.38. The SMILES string of the molecule is NCCc1ccc(-c2nc3c(Cl)cccc3[nH]2)cc1. The van der Waals surface area contributed by atoms with Crippen LogP contribution in [-0.4, -0.2) is 16.5 Å². The van der Waals surface area contributed by atoms with Crippen molar-refractivity contribution < 1.29 is 0 Å². The maximum atomic E-state index is 6.13. The Morgan fingerprint density at radius 1 is 1.11 bits per heavy atom. The van der Waals surface area contributed by atoms with Crippen LogP contribution in [0.2, 0.25) is 5.02 Å². The second kappa shape index (κ2) is 5.03. The van der Waals surface area contributed by atoms with Crippen LogP contribution in [0.3, 0.4) is 0 Å². The molecule has 0 atom stereocenters. The van der Waals surface area contributed by atoms with E-state index in [0.29, 0.717) is 11.6 Å². The number of rotatable bonds is 3. The summed E-state index contributed by atoms with van der Waals surface area (Å²) in [5.74, 6) is 0.836. The summed E-state index contributed by atoms with van der Waals surface area (Å²) in [5.41, 5.74) is 9.59. The summed E-state index contributed by atoms with van der Waals surface area (Å²) < 4.78 is 0. The van der Waals surface area contributed by atoms with Crippen LogP contribution in [0, 0.1) is 0 Å². The molecule has 0 aliphatic carbocycles. The molecule has 0 unspecified atom stereocenters. The number of halogens is 1. The molecule has 0 amide bonds. The standard InChI is InChI=1S/C15H14ClN3/c16-12-2-1-3-13-14(12)19-15(18-13)11-6-4-10(5-7-11)8-9-17/h1-7H,8-9,17H2,(H,18,19). The van der Waals surface area contributed by atoms with Gasteiger partial charge in [0.15, 0.2) is 0 Å². The number of H-pyrrole nitrogens is 1. The first-order valence-corrected chi connectivity index (χ1v) is 6.59. The van der Waals surface area contributed by atoms with Crippen molar-refractivity contribution in [1.82, 2.24) is 9.97 Å².